The first kappa shape index (κ1) is 15.5. The van der Waals surface area contributed by atoms with Crippen molar-refractivity contribution in [1.82, 2.24) is 4.72 Å². The van der Waals surface area contributed by atoms with Crippen LogP contribution >= 0.6 is 11.6 Å². The Morgan fingerprint density at radius 3 is 2.33 bits per heavy atom. The maximum atomic E-state index is 12.0. The van der Waals surface area contributed by atoms with Crippen molar-refractivity contribution in [2.24, 2.45) is 5.92 Å². The van der Waals surface area contributed by atoms with Crippen LogP contribution in [-0.4, -0.2) is 20.3 Å². The zero-order valence-corrected chi connectivity index (χ0v) is 12.3. The summed E-state index contributed by atoms with van der Waals surface area (Å²) < 4.78 is 26.6. The number of halogens is 1. The second kappa shape index (κ2) is 7.12. The lowest BCUT2D eigenvalue weighted by atomic mass is 10.1. The molecule has 0 bridgehead atoms. The van der Waals surface area contributed by atoms with Crippen molar-refractivity contribution >= 4 is 21.6 Å². The molecule has 0 radical (unpaired) electrons. The molecule has 0 spiro atoms. The van der Waals surface area contributed by atoms with Crippen molar-refractivity contribution < 1.29 is 8.42 Å². The molecule has 0 amide bonds. The van der Waals surface area contributed by atoms with E-state index in [4.69, 9.17) is 11.6 Å². The van der Waals surface area contributed by atoms with Gasteiger partial charge in [0, 0.05) is 11.9 Å². The van der Waals surface area contributed by atoms with Crippen molar-refractivity contribution in [2.45, 2.75) is 32.1 Å². The predicted octanol–water partition coefficient (Wildman–Crippen LogP) is 2.76. The zero-order chi connectivity index (χ0) is 13.6. The molecular formula is C13H20ClNO2S. The molecule has 3 nitrogen and oxygen atoms in total. The van der Waals surface area contributed by atoms with Crippen molar-refractivity contribution in [3.05, 3.63) is 35.9 Å². The minimum absolute atomic E-state index is 0.000671. The van der Waals surface area contributed by atoms with Gasteiger partial charge in [0.25, 0.3) is 0 Å². The van der Waals surface area contributed by atoms with Crippen molar-refractivity contribution in [1.29, 1.82) is 0 Å². The first-order valence-corrected chi connectivity index (χ1v) is 8.21. The Morgan fingerprint density at radius 2 is 1.83 bits per heavy atom. The third kappa shape index (κ3) is 5.85. The van der Waals surface area contributed by atoms with Gasteiger partial charge in [0.1, 0.15) is 0 Å². The number of alkyl halides is 1. The van der Waals surface area contributed by atoms with Gasteiger partial charge in [-0.15, -0.1) is 11.6 Å². The molecule has 1 unspecified atom stereocenters. The van der Waals surface area contributed by atoms with Crippen LogP contribution < -0.4 is 4.72 Å². The van der Waals surface area contributed by atoms with Gasteiger partial charge in [-0.05, 0) is 17.9 Å². The van der Waals surface area contributed by atoms with E-state index in [-0.39, 0.29) is 11.8 Å². The van der Waals surface area contributed by atoms with Gasteiger partial charge in [0.2, 0.25) is 10.0 Å². The van der Waals surface area contributed by atoms with Gasteiger partial charge in [0.05, 0.1) is 5.75 Å². The summed E-state index contributed by atoms with van der Waals surface area (Å²) in [6.45, 7) is 4.09. The van der Waals surface area contributed by atoms with Crippen molar-refractivity contribution in [3.63, 3.8) is 0 Å². The predicted molar refractivity (Wildman–Crippen MR) is 76.2 cm³/mol. The molecule has 0 fully saturated rings. The van der Waals surface area contributed by atoms with E-state index in [1.165, 1.54) is 0 Å². The van der Waals surface area contributed by atoms with Gasteiger partial charge >= 0.3 is 0 Å². The lowest BCUT2D eigenvalue weighted by Crippen LogP contribution is -2.37. The van der Waals surface area contributed by atoms with Crippen LogP contribution in [0.5, 0.6) is 0 Å². The maximum Gasteiger partial charge on any atom is 0.216 e. The van der Waals surface area contributed by atoms with E-state index >= 15 is 0 Å². The van der Waals surface area contributed by atoms with Crippen LogP contribution in [0.4, 0.5) is 0 Å². The van der Waals surface area contributed by atoms with E-state index in [1.807, 2.05) is 32.0 Å². The monoisotopic (exact) mass is 289 g/mol. The van der Waals surface area contributed by atoms with Crippen LogP contribution in [0, 0.1) is 5.92 Å². The summed E-state index contributed by atoms with van der Waals surface area (Å²) in [6, 6.07) is 8.94. The highest BCUT2D eigenvalue weighted by molar-refractivity contribution is 7.88. The van der Waals surface area contributed by atoms with E-state index in [0.29, 0.717) is 11.8 Å². The fourth-order valence-electron chi connectivity index (χ4n) is 1.80. The molecule has 0 saturated carbocycles. The number of hydrogen-bond donors (Lipinski definition) is 1. The molecular weight excluding hydrogens is 270 g/mol. The summed E-state index contributed by atoms with van der Waals surface area (Å²) in [7, 11) is -3.33. The first-order chi connectivity index (χ1) is 8.43. The Bertz CT molecular complexity index is 445. The average molecular weight is 290 g/mol. The minimum atomic E-state index is -3.33. The van der Waals surface area contributed by atoms with E-state index in [9.17, 15) is 8.42 Å². The second-order valence-corrected chi connectivity index (χ2v) is 6.91. The molecule has 0 aromatic heterocycles. The molecule has 18 heavy (non-hydrogen) atoms. The Hall–Kier alpha value is -0.580. The van der Waals surface area contributed by atoms with Crippen LogP contribution in [0.1, 0.15) is 25.8 Å². The molecule has 1 aromatic rings. The van der Waals surface area contributed by atoms with Gasteiger partial charge in [-0.3, -0.25) is 0 Å². The standard InChI is InChI=1S/C13H20ClNO2S/c1-11(2)8-13(9-14)15-18(16,17)10-12-6-4-3-5-7-12/h3-7,11,13,15H,8-10H2,1-2H3. The third-order valence-corrected chi connectivity index (χ3v) is 4.27. The number of sulfonamides is 1. The normalized spacial score (nSPS) is 13.8. The van der Waals surface area contributed by atoms with Crippen LogP contribution in [-0.2, 0) is 15.8 Å². The van der Waals surface area contributed by atoms with Crippen LogP contribution in [0.15, 0.2) is 30.3 Å². The number of hydrogen-bond acceptors (Lipinski definition) is 2. The van der Waals surface area contributed by atoms with Gasteiger partial charge in [-0.1, -0.05) is 44.2 Å². The largest absolute Gasteiger partial charge is 0.216 e. The summed E-state index contributed by atoms with van der Waals surface area (Å²) in [6.07, 6.45) is 0.748. The lowest BCUT2D eigenvalue weighted by Gasteiger charge is -2.18. The summed E-state index contributed by atoms with van der Waals surface area (Å²) in [5.74, 6) is 0.707. The quantitative estimate of drug-likeness (QED) is 0.785. The fourth-order valence-corrected chi connectivity index (χ4v) is 3.50. The molecule has 0 aliphatic heterocycles. The zero-order valence-electron chi connectivity index (χ0n) is 10.8. The molecule has 0 aliphatic carbocycles. The summed E-state index contributed by atoms with van der Waals surface area (Å²) in [5.41, 5.74) is 0.780. The van der Waals surface area contributed by atoms with Crippen LogP contribution in [0.3, 0.4) is 0 Å². The Labute approximate surface area is 115 Å². The SMILES string of the molecule is CC(C)CC(CCl)NS(=O)(=O)Cc1ccccc1. The number of rotatable bonds is 7. The van der Waals surface area contributed by atoms with Gasteiger partial charge in [-0.2, -0.15) is 0 Å². The molecule has 1 N–H and O–H groups in total. The highest BCUT2D eigenvalue weighted by Gasteiger charge is 2.18. The molecule has 102 valence electrons. The fraction of sp³-hybridized carbons (Fsp3) is 0.538. The second-order valence-electron chi connectivity index (χ2n) is 4.84. The molecule has 0 aliphatic rings. The smallest absolute Gasteiger partial charge is 0.212 e. The van der Waals surface area contributed by atoms with E-state index < -0.39 is 10.0 Å². The maximum absolute atomic E-state index is 12.0. The third-order valence-electron chi connectivity index (χ3n) is 2.49. The highest BCUT2D eigenvalue weighted by Crippen LogP contribution is 2.10. The van der Waals surface area contributed by atoms with Crippen molar-refractivity contribution in [2.75, 3.05) is 5.88 Å². The topological polar surface area (TPSA) is 46.2 Å². The van der Waals surface area contributed by atoms with E-state index in [0.717, 1.165) is 12.0 Å². The molecule has 1 rings (SSSR count). The Balaban J connectivity index is 2.64. The van der Waals surface area contributed by atoms with Gasteiger partial charge in [-0.25, -0.2) is 13.1 Å². The van der Waals surface area contributed by atoms with Crippen LogP contribution in [0.2, 0.25) is 0 Å². The summed E-state index contributed by atoms with van der Waals surface area (Å²) in [5, 5.41) is 0. The Kier molecular flexibility index (Phi) is 6.12. The van der Waals surface area contributed by atoms with E-state index in [1.54, 1.807) is 12.1 Å². The molecule has 1 aromatic carbocycles. The minimum Gasteiger partial charge on any atom is -0.212 e. The number of benzene rings is 1. The van der Waals surface area contributed by atoms with Crippen molar-refractivity contribution in [3.8, 4) is 0 Å². The summed E-state index contributed by atoms with van der Waals surface area (Å²) in [4.78, 5) is 0. The molecule has 0 heterocycles. The van der Waals surface area contributed by atoms with Gasteiger partial charge in [0.15, 0.2) is 0 Å². The number of nitrogens with one attached hydrogen (secondary N) is 1. The first-order valence-electron chi connectivity index (χ1n) is 6.03. The molecule has 1 atom stereocenters. The summed E-state index contributed by atoms with van der Waals surface area (Å²) >= 11 is 5.79. The molecule has 0 saturated heterocycles. The average Bonchev–Trinajstić information content (AvgIpc) is 2.27. The lowest BCUT2D eigenvalue weighted by molar-refractivity contribution is 0.485. The van der Waals surface area contributed by atoms with Crippen LogP contribution in [0.25, 0.3) is 0 Å². The highest BCUT2D eigenvalue weighted by atomic mass is 35.5. The molecule has 5 heteroatoms. The van der Waals surface area contributed by atoms with E-state index in [2.05, 4.69) is 4.72 Å². The Morgan fingerprint density at radius 1 is 1.22 bits per heavy atom. The van der Waals surface area contributed by atoms with Gasteiger partial charge < -0.3 is 0 Å².